The van der Waals surface area contributed by atoms with E-state index in [0.29, 0.717) is 5.69 Å². The molecule has 1 amide bonds. The lowest BCUT2D eigenvalue weighted by Gasteiger charge is -2.19. The number of amides is 1. The van der Waals surface area contributed by atoms with E-state index in [0.717, 1.165) is 6.33 Å². The van der Waals surface area contributed by atoms with Crippen LogP contribution in [0.1, 0.15) is 11.9 Å². The third-order valence-corrected chi connectivity index (χ3v) is 6.06. The van der Waals surface area contributed by atoms with E-state index >= 15 is 0 Å². The Labute approximate surface area is 189 Å². The summed E-state index contributed by atoms with van der Waals surface area (Å²) in [5.74, 6) is -1.15. The molecule has 1 saturated heterocycles. The molecule has 17 nitrogen and oxygen atoms in total. The molecular weight excluding hydrogens is 477 g/mol. The molecule has 0 spiro atoms. The van der Waals surface area contributed by atoms with Crippen LogP contribution in [0.25, 0.3) is 11.2 Å². The van der Waals surface area contributed by atoms with Crippen molar-refractivity contribution in [2.45, 2.75) is 37.0 Å². The molecule has 4 heterocycles. The second-order valence-electron chi connectivity index (χ2n) is 7.50. The summed E-state index contributed by atoms with van der Waals surface area (Å²) in [6, 6.07) is -1.17. The SMILES string of the molecule is Nc1nc2c(ncn2[C@@H]2O[C@H](COP(=O)(O)NC(=O)[C@@H](N)Cc3cnc[nH]3)[C@@H](O)[C@H]2O)c(=O)[nH]1. The van der Waals surface area contributed by atoms with Crippen molar-refractivity contribution in [3.05, 3.63) is 34.9 Å². The number of aromatic amines is 2. The highest BCUT2D eigenvalue weighted by molar-refractivity contribution is 7.51. The molecule has 1 aliphatic heterocycles. The van der Waals surface area contributed by atoms with E-state index in [1.54, 1.807) is 0 Å². The van der Waals surface area contributed by atoms with Gasteiger partial charge in [0.05, 0.1) is 25.3 Å². The van der Waals surface area contributed by atoms with Crippen molar-refractivity contribution >= 4 is 30.8 Å². The minimum atomic E-state index is -4.69. The first-order chi connectivity index (χ1) is 16.1. The number of aliphatic hydroxyl groups is 2. The zero-order valence-electron chi connectivity index (χ0n) is 17.3. The fourth-order valence-electron chi connectivity index (χ4n) is 3.38. The maximum atomic E-state index is 12.3. The fraction of sp³-hybridized carbons (Fsp3) is 0.438. The molecule has 0 aromatic carbocycles. The van der Waals surface area contributed by atoms with Gasteiger partial charge in [0.15, 0.2) is 17.4 Å². The van der Waals surface area contributed by atoms with Gasteiger partial charge < -0.3 is 36.3 Å². The maximum absolute atomic E-state index is 12.3. The number of carbonyl (C=O) groups is 1. The second-order valence-corrected chi connectivity index (χ2v) is 9.02. The zero-order chi connectivity index (χ0) is 24.6. The van der Waals surface area contributed by atoms with Crippen LogP contribution in [0, 0.1) is 0 Å². The van der Waals surface area contributed by atoms with Crippen molar-refractivity contribution < 1.29 is 33.7 Å². The maximum Gasteiger partial charge on any atom is 0.432 e. The van der Waals surface area contributed by atoms with Crippen LogP contribution in [0.15, 0.2) is 23.6 Å². The van der Waals surface area contributed by atoms with Crippen molar-refractivity contribution in [2.24, 2.45) is 5.73 Å². The predicted molar refractivity (Wildman–Crippen MR) is 113 cm³/mol. The van der Waals surface area contributed by atoms with Crippen molar-refractivity contribution in [3.8, 4) is 0 Å². The van der Waals surface area contributed by atoms with Gasteiger partial charge >= 0.3 is 7.75 Å². The molecule has 0 radical (unpaired) electrons. The van der Waals surface area contributed by atoms with E-state index in [-0.39, 0.29) is 23.5 Å². The van der Waals surface area contributed by atoms with E-state index < -0.39 is 56.4 Å². The largest absolute Gasteiger partial charge is 0.432 e. The number of nitrogens with one attached hydrogen (secondary N) is 3. The molecule has 4 rings (SSSR count). The Morgan fingerprint density at radius 3 is 2.88 bits per heavy atom. The zero-order valence-corrected chi connectivity index (χ0v) is 18.2. The van der Waals surface area contributed by atoms with E-state index in [4.69, 9.17) is 20.7 Å². The Balaban J connectivity index is 1.39. The normalized spacial score (nSPS) is 25.3. The predicted octanol–water partition coefficient (Wildman–Crippen LogP) is -3.15. The molecule has 10 N–H and O–H groups in total. The Morgan fingerprint density at radius 2 is 2.18 bits per heavy atom. The van der Waals surface area contributed by atoms with Crippen LogP contribution in [-0.2, 0) is 25.0 Å². The summed E-state index contributed by atoms with van der Waals surface area (Å²) in [6.45, 7) is -0.679. The number of aromatic nitrogens is 6. The molecular formula is C16H22N9O8P. The highest BCUT2D eigenvalue weighted by Gasteiger charge is 2.45. The Kier molecular flexibility index (Phi) is 6.50. The quantitative estimate of drug-likeness (QED) is 0.142. The molecule has 1 fully saturated rings. The highest BCUT2D eigenvalue weighted by Crippen LogP contribution is 2.39. The molecule has 3 aromatic heterocycles. The molecule has 3 aromatic rings. The molecule has 1 aliphatic rings. The van der Waals surface area contributed by atoms with Gasteiger partial charge in [-0.3, -0.25) is 28.8 Å². The van der Waals surface area contributed by atoms with E-state index in [2.05, 4.69) is 24.9 Å². The number of ether oxygens (including phenoxy) is 1. The number of aliphatic hydroxyl groups excluding tert-OH is 2. The van der Waals surface area contributed by atoms with Crippen LogP contribution in [0.3, 0.4) is 0 Å². The number of fused-ring (bicyclic) bond motifs is 1. The number of anilines is 1. The van der Waals surface area contributed by atoms with E-state index in [1.165, 1.54) is 17.1 Å². The van der Waals surface area contributed by atoms with Gasteiger partial charge in [-0.25, -0.2) is 14.5 Å². The second kappa shape index (κ2) is 9.22. The third kappa shape index (κ3) is 4.85. The van der Waals surface area contributed by atoms with Gasteiger partial charge in [0.2, 0.25) is 11.9 Å². The van der Waals surface area contributed by atoms with Crippen LogP contribution >= 0.6 is 7.75 Å². The van der Waals surface area contributed by atoms with Gasteiger partial charge in [0.25, 0.3) is 5.56 Å². The Bertz CT molecular complexity index is 1280. The minimum absolute atomic E-state index is 0.00887. The molecule has 184 valence electrons. The lowest BCUT2D eigenvalue weighted by molar-refractivity contribution is -0.121. The van der Waals surface area contributed by atoms with Crippen molar-refractivity contribution in [1.29, 1.82) is 0 Å². The highest BCUT2D eigenvalue weighted by atomic mass is 31.2. The van der Waals surface area contributed by atoms with Crippen LogP contribution < -0.4 is 22.1 Å². The van der Waals surface area contributed by atoms with E-state index in [1.807, 2.05) is 5.09 Å². The lowest BCUT2D eigenvalue weighted by Crippen LogP contribution is -2.41. The van der Waals surface area contributed by atoms with E-state index in [9.17, 15) is 29.3 Å². The Hall–Kier alpha value is -3.18. The number of hydrogen-bond acceptors (Lipinski definition) is 12. The van der Waals surface area contributed by atoms with Crippen LogP contribution in [-0.4, -0.2) is 81.5 Å². The summed E-state index contributed by atoms with van der Waals surface area (Å²) in [7, 11) is -4.69. The molecule has 0 saturated carbocycles. The molecule has 1 unspecified atom stereocenters. The summed E-state index contributed by atoms with van der Waals surface area (Å²) < 4.78 is 23.9. The van der Waals surface area contributed by atoms with Crippen molar-refractivity contribution in [3.63, 3.8) is 0 Å². The lowest BCUT2D eigenvalue weighted by atomic mass is 10.1. The van der Waals surface area contributed by atoms with Gasteiger partial charge in [0.1, 0.15) is 18.3 Å². The molecule has 0 bridgehead atoms. The summed E-state index contributed by atoms with van der Waals surface area (Å²) in [4.78, 5) is 50.7. The van der Waals surface area contributed by atoms with Gasteiger partial charge in [-0.15, -0.1) is 0 Å². The van der Waals surface area contributed by atoms with Crippen molar-refractivity contribution in [1.82, 2.24) is 34.6 Å². The third-order valence-electron chi connectivity index (χ3n) is 5.06. The number of nitrogen functional groups attached to an aromatic ring is 1. The number of carbonyl (C=O) groups excluding carboxylic acids is 1. The molecule has 34 heavy (non-hydrogen) atoms. The number of nitrogens with two attached hydrogens (primary N) is 2. The average Bonchev–Trinajstić information content (AvgIpc) is 3.48. The topological polar surface area (TPSA) is 270 Å². The molecule has 0 aliphatic carbocycles. The van der Waals surface area contributed by atoms with Crippen molar-refractivity contribution in [2.75, 3.05) is 12.3 Å². The first-order valence-corrected chi connectivity index (χ1v) is 11.4. The first kappa shape index (κ1) is 24.0. The Morgan fingerprint density at radius 1 is 1.41 bits per heavy atom. The van der Waals surface area contributed by atoms with Gasteiger partial charge in [-0.1, -0.05) is 0 Å². The summed E-state index contributed by atoms with van der Waals surface area (Å²) in [5.41, 5.74) is 11.1. The number of imidazole rings is 2. The van der Waals surface area contributed by atoms with Crippen LogP contribution in [0.4, 0.5) is 5.95 Å². The molecule has 18 heteroatoms. The smallest absolute Gasteiger partial charge is 0.387 e. The summed E-state index contributed by atoms with van der Waals surface area (Å²) >= 11 is 0. The average molecular weight is 499 g/mol. The number of hydrogen-bond donors (Lipinski definition) is 8. The van der Waals surface area contributed by atoms with Gasteiger partial charge in [-0.05, 0) is 0 Å². The monoisotopic (exact) mass is 499 g/mol. The molecule has 6 atom stereocenters. The summed E-state index contributed by atoms with van der Waals surface area (Å²) in [5, 5.41) is 22.6. The van der Waals surface area contributed by atoms with Crippen LogP contribution in [0.5, 0.6) is 0 Å². The number of H-pyrrole nitrogens is 2. The van der Waals surface area contributed by atoms with Gasteiger partial charge in [-0.2, -0.15) is 4.98 Å². The fourth-order valence-corrected chi connectivity index (χ4v) is 4.24. The first-order valence-electron chi connectivity index (χ1n) is 9.82. The number of rotatable bonds is 8. The standard InChI is InChI=1S/C16H22N9O8P/c17-7(1-6-2-19-4-20-6)13(28)24-34(30,31)32-3-8-10(26)11(27)15(33-8)25-5-21-9-12(25)22-16(18)23-14(9)29/h2,4-5,7-8,10-11,15,26-27H,1,3,17H2,(H,19,20)(H3,18,22,23,29)(H2,24,28,30,31)/t7-,8+,10+,11+,15+/m0/s1. The minimum Gasteiger partial charge on any atom is -0.387 e. The number of nitrogens with zero attached hydrogens (tertiary/aromatic N) is 4. The van der Waals surface area contributed by atoms with Gasteiger partial charge in [0, 0.05) is 18.3 Å². The van der Waals surface area contributed by atoms with Crippen LogP contribution in [0.2, 0.25) is 0 Å². The summed E-state index contributed by atoms with van der Waals surface area (Å²) in [6.07, 6.45) is -1.61.